The van der Waals surface area contributed by atoms with E-state index in [4.69, 9.17) is 4.42 Å². The lowest BCUT2D eigenvalue weighted by Crippen LogP contribution is -2.34. The summed E-state index contributed by atoms with van der Waals surface area (Å²) >= 11 is 0. The normalized spacial score (nSPS) is 12.1. The predicted molar refractivity (Wildman–Crippen MR) is 99.3 cm³/mol. The van der Waals surface area contributed by atoms with Crippen LogP contribution in [0.15, 0.2) is 77.4 Å². The van der Waals surface area contributed by atoms with Gasteiger partial charge in [0.15, 0.2) is 0 Å². The highest BCUT2D eigenvalue weighted by molar-refractivity contribution is 5.94. The van der Waals surface area contributed by atoms with E-state index in [9.17, 15) is 4.79 Å². The van der Waals surface area contributed by atoms with Crippen molar-refractivity contribution in [2.45, 2.75) is 6.04 Å². The highest BCUT2D eigenvalue weighted by atomic mass is 16.3. The third-order valence-electron chi connectivity index (χ3n) is 4.21. The van der Waals surface area contributed by atoms with Crippen molar-refractivity contribution < 1.29 is 9.21 Å². The summed E-state index contributed by atoms with van der Waals surface area (Å²) in [5.74, 6) is 0.753. The van der Waals surface area contributed by atoms with Crippen molar-refractivity contribution in [1.82, 2.24) is 10.2 Å². The van der Waals surface area contributed by atoms with Crippen LogP contribution in [0.4, 0.5) is 0 Å². The standard InChI is InChI=1S/C21H22N2O2/c1-23(2)19(20-9-6-14-25-20)15-22-21(24)18-12-10-17(11-13-18)16-7-4-3-5-8-16/h3-14,19H,15H2,1-2H3,(H,22,24)/t19-/m1/s1. The molecule has 0 bridgehead atoms. The molecule has 0 aliphatic carbocycles. The smallest absolute Gasteiger partial charge is 0.251 e. The number of benzene rings is 2. The number of nitrogens with one attached hydrogen (secondary N) is 1. The summed E-state index contributed by atoms with van der Waals surface area (Å²) in [7, 11) is 3.93. The van der Waals surface area contributed by atoms with Crippen molar-refractivity contribution in [3.63, 3.8) is 0 Å². The Kier molecular flexibility index (Phi) is 5.31. The second-order valence-electron chi connectivity index (χ2n) is 6.15. The maximum atomic E-state index is 12.4. The van der Waals surface area contributed by atoms with E-state index in [1.807, 2.05) is 73.6 Å². The lowest BCUT2D eigenvalue weighted by molar-refractivity contribution is 0.0939. The molecule has 0 spiro atoms. The molecular weight excluding hydrogens is 312 g/mol. The average Bonchev–Trinajstić information content (AvgIpc) is 3.16. The molecule has 3 rings (SSSR count). The number of hydrogen-bond acceptors (Lipinski definition) is 3. The van der Waals surface area contributed by atoms with E-state index in [-0.39, 0.29) is 11.9 Å². The topological polar surface area (TPSA) is 45.5 Å². The predicted octanol–water partition coefficient (Wildman–Crippen LogP) is 3.98. The van der Waals surface area contributed by atoms with E-state index in [0.717, 1.165) is 16.9 Å². The Morgan fingerprint density at radius 1 is 0.960 bits per heavy atom. The molecule has 0 saturated carbocycles. The van der Waals surface area contributed by atoms with Crippen LogP contribution in [0, 0.1) is 0 Å². The second-order valence-corrected chi connectivity index (χ2v) is 6.15. The zero-order valence-electron chi connectivity index (χ0n) is 14.5. The van der Waals surface area contributed by atoms with Gasteiger partial charge in [-0.05, 0) is 49.5 Å². The van der Waals surface area contributed by atoms with E-state index in [2.05, 4.69) is 17.4 Å². The minimum absolute atomic E-state index is 0.00235. The minimum Gasteiger partial charge on any atom is -0.468 e. The van der Waals surface area contributed by atoms with Crippen molar-refractivity contribution in [3.05, 3.63) is 84.3 Å². The van der Waals surface area contributed by atoms with Crippen LogP contribution >= 0.6 is 0 Å². The zero-order valence-corrected chi connectivity index (χ0v) is 14.5. The summed E-state index contributed by atoms with van der Waals surface area (Å²) < 4.78 is 5.47. The molecule has 1 aromatic heterocycles. The molecular formula is C21H22N2O2. The number of amides is 1. The quantitative estimate of drug-likeness (QED) is 0.742. The van der Waals surface area contributed by atoms with E-state index in [1.54, 1.807) is 6.26 Å². The summed E-state index contributed by atoms with van der Waals surface area (Å²) in [6, 6.07) is 21.6. The summed E-state index contributed by atoms with van der Waals surface area (Å²) in [5.41, 5.74) is 2.88. The van der Waals surface area contributed by atoms with E-state index >= 15 is 0 Å². The third-order valence-corrected chi connectivity index (χ3v) is 4.21. The van der Waals surface area contributed by atoms with Crippen LogP contribution in [0.3, 0.4) is 0 Å². The second kappa shape index (κ2) is 7.81. The largest absolute Gasteiger partial charge is 0.468 e. The first-order chi connectivity index (χ1) is 12.1. The van der Waals surface area contributed by atoms with Gasteiger partial charge in [0, 0.05) is 12.1 Å². The van der Waals surface area contributed by atoms with Gasteiger partial charge >= 0.3 is 0 Å². The zero-order chi connectivity index (χ0) is 17.6. The van der Waals surface area contributed by atoms with Crippen LogP contribution in [0.2, 0.25) is 0 Å². The first-order valence-corrected chi connectivity index (χ1v) is 8.28. The van der Waals surface area contributed by atoms with Crippen molar-refractivity contribution in [1.29, 1.82) is 0 Å². The number of furan rings is 1. The van der Waals surface area contributed by atoms with Crippen molar-refractivity contribution in [2.24, 2.45) is 0 Å². The Morgan fingerprint density at radius 2 is 1.64 bits per heavy atom. The molecule has 25 heavy (non-hydrogen) atoms. The summed E-state index contributed by atoms with van der Waals surface area (Å²) in [6.45, 7) is 0.486. The Hall–Kier alpha value is -2.85. The molecule has 128 valence electrons. The Labute approximate surface area is 148 Å². The monoisotopic (exact) mass is 334 g/mol. The lowest BCUT2D eigenvalue weighted by atomic mass is 10.0. The summed E-state index contributed by atoms with van der Waals surface area (Å²) in [6.07, 6.45) is 1.65. The van der Waals surface area contributed by atoms with Gasteiger partial charge in [0.25, 0.3) is 5.91 Å². The molecule has 4 heteroatoms. The maximum absolute atomic E-state index is 12.4. The van der Waals surface area contributed by atoms with Crippen LogP contribution in [0.5, 0.6) is 0 Å². The molecule has 0 fully saturated rings. The molecule has 2 aromatic carbocycles. The number of hydrogen-bond donors (Lipinski definition) is 1. The van der Waals surface area contributed by atoms with Crippen LogP contribution in [-0.2, 0) is 0 Å². The van der Waals surface area contributed by atoms with Crippen LogP contribution in [0.1, 0.15) is 22.2 Å². The number of nitrogens with zero attached hydrogens (tertiary/aromatic N) is 1. The first kappa shape index (κ1) is 17.0. The van der Waals surface area contributed by atoms with Crippen molar-refractivity contribution in [3.8, 4) is 11.1 Å². The molecule has 1 N–H and O–H groups in total. The molecule has 1 atom stereocenters. The molecule has 1 amide bonds. The van der Waals surface area contributed by atoms with Gasteiger partial charge in [-0.3, -0.25) is 9.69 Å². The Morgan fingerprint density at radius 3 is 2.24 bits per heavy atom. The SMILES string of the molecule is CN(C)[C@H](CNC(=O)c1ccc(-c2ccccc2)cc1)c1ccco1. The minimum atomic E-state index is -0.0852. The fourth-order valence-corrected chi connectivity index (χ4v) is 2.75. The van der Waals surface area contributed by atoms with Gasteiger partial charge < -0.3 is 9.73 Å². The van der Waals surface area contributed by atoms with Crippen LogP contribution < -0.4 is 5.32 Å². The average molecular weight is 334 g/mol. The Balaban J connectivity index is 1.65. The summed E-state index contributed by atoms with van der Waals surface area (Å²) in [5, 5.41) is 2.99. The fourth-order valence-electron chi connectivity index (χ4n) is 2.75. The number of carbonyl (C=O) groups excluding carboxylic acids is 1. The molecule has 0 unspecified atom stereocenters. The van der Waals surface area contributed by atoms with Gasteiger partial charge in [-0.25, -0.2) is 0 Å². The molecule has 0 aliphatic rings. The van der Waals surface area contributed by atoms with E-state index in [1.165, 1.54) is 0 Å². The highest BCUT2D eigenvalue weighted by Crippen LogP contribution is 2.20. The van der Waals surface area contributed by atoms with Gasteiger partial charge in [0.05, 0.1) is 12.3 Å². The van der Waals surface area contributed by atoms with Crippen LogP contribution in [0.25, 0.3) is 11.1 Å². The third kappa shape index (κ3) is 4.17. The first-order valence-electron chi connectivity index (χ1n) is 8.28. The molecule has 1 heterocycles. The van der Waals surface area contributed by atoms with Gasteiger partial charge in [0.1, 0.15) is 5.76 Å². The molecule has 0 radical (unpaired) electrons. The molecule has 0 aliphatic heterocycles. The number of carbonyl (C=O) groups is 1. The molecule has 4 nitrogen and oxygen atoms in total. The van der Waals surface area contributed by atoms with Gasteiger partial charge in [-0.15, -0.1) is 0 Å². The summed E-state index contributed by atoms with van der Waals surface area (Å²) in [4.78, 5) is 14.5. The lowest BCUT2D eigenvalue weighted by Gasteiger charge is -2.22. The Bertz CT molecular complexity index is 794. The van der Waals surface area contributed by atoms with Gasteiger partial charge in [0.2, 0.25) is 0 Å². The van der Waals surface area contributed by atoms with Gasteiger partial charge in [-0.2, -0.15) is 0 Å². The van der Waals surface area contributed by atoms with E-state index < -0.39 is 0 Å². The number of likely N-dealkylation sites (N-methyl/N-ethyl adjacent to an activating group) is 1. The highest BCUT2D eigenvalue weighted by Gasteiger charge is 2.18. The molecule has 3 aromatic rings. The fraction of sp³-hybridized carbons (Fsp3) is 0.190. The number of rotatable bonds is 6. The van der Waals surface area contributed by atoms with E-state index in [0.29, 0.717) is 12.1 Å². The molecule has 0 saturated heterocycles. The maximum Gasteiger partial charge on any atom is 0.251 e. The van der Waals surface area contributed by atoms with Crippen molar-refractivity contribution >= 4 is 5.91 Å². The van der Waals surface area contributed by atoms with Gasteiger partial charge in [-0.1, -0.05) is 42.5 Å². The van der Waals surface area contributed by atoms with Crippen molar-refractivity contribution in [2.75, 3.05) is 20.6 Å². The van der Waals surface area contributed by atoms with Crippen LogP contribution in [-0.4, -0.2) is 31.4 Å².